The van der Waals surface area contributed by atoms with Crippen molar-refractivity contribution in [3.63, 3.8) is 0 Å². The zero-order valence-electron chi connectivity index (χ0n) is 36.1. The number of amides is 4. The smallest absolute Gasteiger partial charge is 0.407 e. The van der Waals surface area contributed by atoms with Crippen molar-refractivity contribution in [1.29, 1.82) is 0 Å². The van der Waals surface area contributed by atoms with Gasteiger partial charge in [0.1, 0.15) is 29.8 Å². The van der Waals surface area contributed by atoms with E-state index in [9.17, 15) is 19.2 Å². The second-order valence-corrected chi connectivity index (χ2v) is 16.9. The highest BCUT2D eigenvalue weighted by Gasteiger charge is 2.43. The van der Waals surface area contributed by atoms with Crippen LogP contribution >= 0.6 is 0 Å². The number of alkyl carbamates (subject to hydrolysis) is 2. The molecular formula is C48H51FN8O6. The van der Waals surface area contributed by atoms with E-state index in [1.165, 1.54) is 20.3 Å². The molecule has 1 fully saturated rings. The first-order valence-corrected chi connectivity index (χ1v) is 21.1. The number of methoxy groups -OCH3 is 2. The van der Waals surface area contributed by atoms with Crippen LogP contribution in [0.3, 0.4) is 0 Å². The molecule has 0 radical (unpaired) electrons. The Hall–Kier alpha value is -6.99. The van der Waals surface area contributed by atoms with Crippen LogP contribution in [-0.2, 0) is 24.7 Å². The summed E-state index contributed by atoms with van der Waals surface area (Å²) in [6.45, 7) is 12.1. The Bertz CT molecular complexity index is 2700. The summed E-state index contributed by atoms with van der Waals surface area (Å²) in [7, 11) is 2.53. The number of halogens is 1. The first-order valence-electron chi connectivity index (χ1n) is 21.1. The lowest BCUT2D eigenvalue weighted by Gasteiger charge is -2.29. The number of rotatable bonds is 11. The van der Waals surface area contributed by atoms with Crippen LogP contribution < -0.4 is 10.6 Å². The third-order valence-electron chi connectivity index (χ3n) is 12.3. The molecule has 5 atom stereocenters. The number of alkyl halides is 1. The van der Waals surface area contributed by atoms with Gasteiger partial charge in [-0.15, -0.1) is 5.73 Å². The van der Waals surface area contributed by atoms with Gasteiger partial charge in [0.05, 0.1) is 43.2 Å². The first-order chi connectivity index (χ1) is 30.3. The minimum absolute atomic E-state index is 0.151. The number of likely N-dealkylation sites (tertiary alicyclic amines) is 1. The third kappa shape index (κ3) is 7.77. The fourth-order valence-electron chi connectivity index (χ4n) is 9.01. The van der Waals surface area contributed by atoms with E-state index >= 15 is 4.39 Å². The SMILES string of the molecule is C=C=CC1(F)c2cc(-c3ccc4nc(C5CCCN5C(=O)[C@@H](NC(=O)OC)C(C)C)[nH]c4c3)ccc2-c2ccc(-c3cnc([C@@H]4C=CCN4C(=O)[C@@H](NC(=O)OC)C(C)C)[nH]3)cc21. The molecule has 8 rings (SSSR count). The summed E-state index contributed by atoms with van der Waals surface area (Å²) in [5.41, 5.74) is 7.57. The Morgan fingerprint density at radius 2 is 1.46 bits per heavy atom. The summed E-state index contributed by atoms with van der Waals surface area (Å²) in [5.74, 6) is 0.408. The Morgan fingerprint density at radius 1 is 0.857 bits per heavy atom. The number of nitrogens with one attached hydrogen (secondary N) is 4. The molecule has 14 nitrogen and oxygen atoms in total. The van der Waals surface area contributed by atoms with Crippen LogP contribution in [0, 0.1) is 11.8 Å². The summed E-state index contributed by atoms with van der Waals surface area (Å²) < 4.78 is 27.2. The molecule has 4 N–H and O–H groups in total. The molecule has 1 saturated heterocycles. The van der Waals surface area contributed by atoms with E-state index in [4.69, 9.17) is 14.5 Å². The molecule has 15 heteroatoms. The Kier molecular flexibility index (Phi) is 11.6. The molecule has 2 aromatic heterocycles. The molecular weight excluding hydrogens is 804 g/mol. The molecule has 3 aromatic carbocycles. The van der Waals surface area contributed by atoms with Crippen molar-refractivity contribution in [2.24, 2.45) is 11.8 Å². The molecule has 5 aromatic rings. The summed E-state index contributed by atoms with van der Waals surface area (Å²) >= 11 is 0. The van der Waals surface area contributed by atoms with E-state index < -0.39 is 36.0 Å². The van der Waals surface area contributed by atoms with Crippen molar-refractivity contribution in [1.82, 2.24) is 40.4 Å². The highest BCUT2D eigenvalue weighted by molar-refractivity contribution is 5.90. The molecule has 3 aliphatic rings. The number of ether oxygens (including phenoxy) is 2. The largest absolute Gasteiger partial charge is 0.453 e. The predicted octanol–water partition coefficient (Wildman–Crippen LogP) is 8.02. The van der Waals surface area contributed by atoms with E-state index in [1.807, 2.05) is 94.4 Å². The van der Waals surface area contributed by atoms with Crippen LogP contribution in [0.15, 0.2) is 91.3 Å². The van der Waals surface area contributed by atoms with Crippen LogP contribution in [-0.4, -0.2) is 93.1 Å². The Balaban J connectivity index is 1.05. The maximum atomic E-state index is 17.7. The quantitative estimate of drug-likeness (QED) is 0.0764. The van der Waals surface area contributed by atoms with Gasteiger partial charge in [0.15, 0.2) is 5.67 Å². The number of nitrogens with zero attached hydrogens (tertiary/aromatic N) is 4. The summed E-state index contributed by atoms with van der Waals surface area (Å²) in [4.78, 5) is 71.3. The van der Waals surface area contributed by atoms with Gasteiger partial charge in [-0.05, 0) is 71.2 Å². The molecule has 2 unspecified atom stereocenters. The van der Waals surface area contributed by atoms with Gasteiger partial charge >= 0.3 is 12.2 Å². The van der Waals surface area contributed by atoms with Crippen LogP contribution in [0.25, 0.3) is 44.5 Å². The molecule has 1 aliphatic carbocycles. The van der Waals surface area contributed by atoms with Crippen molar-refractivity contribution >= 4 is 35.0 Å². The number of imidazole rings is 2. The maximum Gasteiger partial charge on any atom is 0.407 e. The summed E-state index contributed by atoms with van der Waals surface area (Å²) in [6, 6.07) is 14.9. The number of fused-ring (bicyclic) bond motifs is 4. The molecule has 0 saturated carbocycles. The average molecular weight is 855 g/mol. The molecule has 326 valence electrons. The van der Waals surface area contributed by atoms with Gasteiger partial charge < -0.3 is 39.9 Å². The fourth-order valence-corrected chi connectivity index (χ4v) is 9.01. The molecule has 2 aliphatic heterocycles. The number of carbonyl (C=O) groups is 4. The number of carbonyl (C=O) groups excluding carboxylic acids is 4. The zero-order valence-corrected chi connectivity index (χ0v) is 36.1. The van der Waals surface area contributed by atoms with Gasteiger partial charge in [-0.2, -0.15) is 0 Å². The van der Waals surface area contributed by atoms with Crippen molar-refractivity contribution in [2.75, 3.05) is 27.3 Å². The Morgan fingerprint density at radius 3 is 2.10 bits per heavy atom. The van der Waals surface area contributed by atoms with Crippen molar-refractivity contribution in [3.8, 4) is 33.5 Å². The van der Waals surface area contributed by atoms with Gasteiger partial charge in [0.25, 0.3) is 0 Å². The number of hydrogen-bond donors (Lipinski definition) is 4. The van der Waals surface area contributed by atoms with E-state index in [0.717, 1.165) is 46.1 Å². The normalized spacial score (nSPS) is 19.8. The number of H-pyrrole nitrogens is 2. The number of benzene rings is 3. The summed E-state index contributed by atoms with van der Waals surface area (Å²) in [5, 5.41) is 5.35. The van der Waals surface area contributed by atoms with E-state index in [-0.39, 0.29) is 29.7 Å². The van der Waals surface area contributed by atoms with Crippen LogP contribution in [0.1, 0.15) is 75.4 Å². The lowest BCUT2D eigenvalue weighted by Crippen LogP contribution is -2.51. The Labute approximate surface area is 364 Å². The topological polar surface area (TPSA) is 175 Å². The van der Waals surface area contributed by atoms with E-state index in [0.29, 0.717) is 47.1 Å². The molecule has 0 spiro atoms. The number of aromatic nitrogens is 4. The first kappa shape index (κ1) is 42.7. The number of aromatic amines is 2. The highest BCUT2D eigenvalue weighted by Crippen LogP contribution is 2.52. The fraction of sp³-hybridized carbons (Fsp3) is 0.354. The lowest BCUT2D eigenvalue weighted by atomic mass is 9.90. The molecule has 4 amide bonds. The van der Waals surface area contributed by atoms with Crippen LogP contribution in [0.4, 0.5) is 14.0 Å². The highest BCUT2D eigenvalue weighted by atomic mass is 19.1. The van der Waals surface area contributed by atoms with Gasteiger partial charge in [-0.3, -0.25) is 9.59 Å². The maximum absolute atomic E-state index is 17.7. The van der Waals surface area contributed by atoms with Gasteiger partial charge in [0.2, 0.25) is 11.8 Å². The van der Waals surface area contributed by atoms with Crippen molar-refractivity contribution < 1.29 is 33.0 Å². The predicted molar refractivity (Wildman–Crippen MR) is 236 cm³/mol. The third-order valence-corrected chi connectivity index (χ3v) is 12.3. The van der Waals surface area contributed by atoms with Crippen LogP contribution in [0.5, 0.6) is 0 Å². The minimum Gasteiger partial charge on any atom is -0.453 e. The number of allylic oxidation sites excluding steroid dienone is 1. The second kappa shape index (κ2) is 17.1. The molecule has 0 bridgehead atoms. The van der Waals surface area contributed by atoms with Crippen LogP contribution in [0.2, 0.25) is 0 Å². The van der Waals surface area contributed by atoms with E-state index in [1.54, 1.807) is 16.0 Å². The summed E-state index contributed by atoms with van der Waals surface area (Å²) in [6.07, 6.45) is 6.98. The lowest BCUT2D eigenvalue weighted by molar-refractivity contribution is -0.136. The van der Waals surface area contributed by atoms with Gasteiger partial charge in [-0.1, -0.05) is 76.8 Å². The monoisotopic (exact) mass is 854 g/mol. The molecule has 63 heavy (non-hydrogen) atoms. The van der Waals surface area contributed by atoms with Crippen molar-refractivity contribution in [3.05, 3.63) is 114 Å². The average Bonchev–Trinajstić information content (AvgIpc) is 4.14. The second-order valence-electron chi connectivity index (χ2n) is 16.9. The standard InChI is InChI=1S/C48H51FN8O6/c1-8-19-48(49)33-22-28(29-15-18-35-36(24-29)52-43(51-35)39-12-10-21-57(39)45(59)41(27(4)5)55-47(61)63-7)13-16-31(33)32-17-14-30(23-34(32)48)37-25-50-42(53-37)38-11-9-20-56(38)44(58)40(26(2)3)54-46(60)62-6/h9,11,13-19,22-27,38-41H,1,10,12,20-21H2,2-7H3,(H,50,53)(H,51,52)(H,54,60)(H,55,61)/t38-,39?,40-,41-,48?/m0/s1. The van der Waals surface area contributed by atoms with E-state index in [2.05, 4.69) is 37.9 Å². The van der Waals surface area contributed by atoms with Gasteiger partial charge in [0, 0.05) is 35.9 Å². The van der Waals surface area contributed by atoms with Gasteiger partial charge in [-0.25, -0.2) is 23.9 Å². The van der Waals surface area contributed by atoms with Crippen molar-refractivity contribution in [2.45, 2.75) is 70.4 Å². The minimum atomic E-state index is -2.04. The zero-order chi connectivity index (χ0) is 44.7. The molecule has 4 heterocycles. The number of hydrogen-bond acceptors (Lipinski definition) is 8.